The van der Waals surface area contributed by atoms with Gasteiger partial charge in [0.15, 0.2) is 23.0 Å². The minimum atomic E-state index is -0.979. The molecular weight excluding hydrogens is 691 g/mol. The molecule has 0 amide bonds. The number of Topliss-reactive ketones (excluding diaryl/α,β-unsaturated/α-hetero) is 1. The summed E-state index contributed by atoms with van der Waals surface area (Å²) < 4.78 is 5.56. The number of hydrogen-bond acceptors (Lipinski definition) is 8. The second kappa shape index (κ2) is 15.5. The van der Waals surface area contributed by atoms with Crippen LogP contribution in [0.3, 0.4) is 0 Å². The van der Waals surface area contributed by atoms with Crippen molar-refractivity contribution in [2.75, 3.05) is 13.7 Å². The van der Waals surface area contributed by atoms with E-state index < -0.39 is 23.4 Å². The summed E-state index contributed by atoms with van der Waals surface area (Å²) in [5, 5.41) is 60.5. The Hall–Kier alpha value is -4.03. The number of rotatable bonds is 9. The van der Waals surface area contributed by atoms with Crippen LogP contribution in [0.25, 0.3) is 0 Å². The van der Waals surface area contributed by atoms with Crippen LogP contribution < -0.4 is 10.1 Å². The van der Waals surface area contributed by atoms with Gasteiger partial charge in [0, 0.05) is 54.0 Å². The number of aliphatic hydroxyl groups is 2. The molecule has 0 unspecified atom stereocenters. The van der Waals surface area contributed by atoms with Crippen LogP contribution in [0.4, 0.5) is 0 Å². The average Bonchev–Trinajstić information content (AvgIpc) is 3.20. The van der Waals surface area contributed by atoms with Gasteiger partial charge in [-0.25, -0.2) is 0 Å². The third kappa shape index (κ3) is 6.50. The summed E-state index contributed by atoms with van der Waals surface area (Å²) in [6.45, 7) is 2.40. The standard InChI is InChI=1S/C47H57NO7/c1-3-4-6-11-33-39(50)21-34(35-23-43(55-2)42(53)20-32(35)26-49)29(18-27-9-7-5-8-10-27)14-15-31-25-48-44-17-16-28-12-13-30-19-37(28)47(44,45(31)46(33)54)38-24-41(52)40(51)22-36(30)38/h5,7-10,20,22-24,28-31,33-34,37,44-46,48-49,51-54H,3-4,6,11-13,16-19,21,25-26H2,1-2H3/t28-,29-,30-,31+,33+,34-,37-,44-,45-,46-,47-/m0/s1. The second-order valence-electron chi connectivity index (χ2n) is 17.2. The van der Waals surface area contributed by atoms with Crippen molar-refractivity contribution in [3.05, 3.63) is 82.4 Å². The van der Waals surface area contributed by atoms with Crippen LogP contribution in [0.15, 0.2) is 54.6 Å². The molecule has 0 radical (unpaired) electrons. The highest BCUT2D eigenvalue weighted by Gasteiger charge is 2.66. The first-order valence-electron chi connectivity index (χ1n) is 20.8. The highest BCUT2D eigenvalue weighted by Crippen LogP contribution is 2.66. The van der Waals surface area contributed by atoms with Crippen LogP contribution >= 0.6 is 0 Å². The van der Waals surface area contributed by atoms with Crippen molar-refractivity contribution in [2.45, 2.75) is 114 Å². The summed E-state index contributed by atoms with van der Waals surface area (Å²) in [6, 6.07) is 17.1. The summed E-state index contributed by atoms with van der Waals surface area (Å²) >= 11 is 0. The van der Waals surface area contributed by atoms with Crippen LogP contribution in [0.1, 0.15) is 111 Å². The molecule has 6 N–H and O–H groups in total. The van der Waals surface area contributed by atoms with Crippen LogP contribution in [-0.2, 0) is 23.2 Å². The average molecular weight is 748 g/mol. The molecule has 8 rings (SSSR count). The number of ether oxygens (including phenoxy) is 1. The number of benzene rings is 3. The Kier molecular flexibility index (Phi) is 10.7. The zero-order valence-corrected chi connectivity index (χ0v) is 32.2. The van der Waals surface area contributed by atoms with E-state index in [-0.39, 0.29) is 77.4 Å². The minimum absolute atomic E-state index is 0.00463. The summed E-state index contributed by atoms with van der Waals surface area (Å²) in [4.78, 5) is 15.3. The normalized spacial score (nSPS) is 33.6. The molecule has 1 aliphatic heterocycles. The van der Waals surface area contributed by atoms with E-state index in [1.807, 2.05) is 18.2 Å². The zero-order chi connectivity index (χ0) is 38.4. The van der Waals surface area contributed by atoms with Crippen molar-refractivity contribution >= 4 is 5.78 Å². The maximum Gasteiger partial charge on any atom is 0.160 e. The van der Waals surface area contributed by atoms with Gasteiger partial charge in [-0.1, -0.05) is 68.4 Å². The van der Waals surface area contributed by atoms with E-state index in [0.717, 1.165) is 73.6 Å². The number of methoxy groups -OCH3 is 1. The van der Waals surface area contributed by atoms with E-state index in [0.29, 0.717) is 30.9 Å². The maximum absolute atomic E-state index is 15.3. The summed E-state index contributed by atoms with van der Waals surface area (Å²) in [5.41, 5.74) is 3.86. The van der Waals surface area contributed by atoms with Crippen molar-refractivity contribution in [1.82, 2.24) is 5.32 Å². The summed E-state index contributed by atoms with van der Waals surface area (Å²) in [7, 11) is 1.50. The third-order valence-corrected chi connectivity index (χ3v) is 14.6. The minimum Gasteiger partial charge on any atom is -0.504 e. The summed E-state index contributed by atoms with van der Waals surface area (Å²) in [6.07, 6.45) is 8.17. The monoisotopic (exact) mass is 747 g/mol. The fraction of sp³-hybridized carbons (Fsp3) is 0.553. The Balaban J connectivity index is 1.35. The number of ketones is 1. The number of carbonyl (C=O) groups excluding carboxylic acids is 1. The Bertz CT molecular complexity index is 1950. The number of carbonyl (C=O) groups is 1. The highest BCUT2D eigenvalue weighted by atomic mass is 16.5. The molecule has 0 aromatic heterocycles. The molecule has 55 heavy (non-hydrogen) atoms. The number of phenolic OH excluding ortho intramolecular Hbond substituents is 3. The number of aromatic hydroxyl groups is 3. The van der Waals surface area contributed by atoms with Crippen molar-refractivity contribution < 1.29 is 35.1 Å². The quantitative estimate of drug-likeness (QED) is 0.0766. The van der Waals surface area contributed by atoms with Crippen LogP contribution in [-0.4, -0.2) is 57.1 Å². The Morgan fingerprint density at radius 1 is 0.927 bits per heavy atom. The number of phenols is 3. The lowest BCUT2D eigenvalue weighted by Crippen LogP contribution is -2.71. The fourth-order valence-corrected chi connectivity index (χ4v) is 12.2. The van der Waals surface area contributed by atoms with Gasteiger partial charge in [-0.05, 0) is 115 Å². The van der Waals surface area contributed by atoms with Crippen molar-refractivity contribution in [1.29, 1.82) is 0 Å². The molecule has 8 heteroatoms. The van der Waals surface area contributed by atoms with E-state index in [4.69, 9.17) is 4.74 Å². The molecule has 1 saturated heterocycles. The van der Waals surface area contributed by atoms with Gasteiger partial charge in [0.05, 0.1) is 19.8 Å². The van der Waals surface area contributed by atoms with Crippen LogP contribution in [0, 0.1) is 47.3 Å². The number of nitrogens with one attached hydrogen (secondary N) is 1. The Morgan fingerprint density at radius 2 is 1.71 bits per heavy atom. The van der Waals surface area contributed by atoms with Crippen molar-refractivity contribution in [3.8, 4) is 34.8 Å². The first-order valence-corrected chi connectivity index (χ1v) is 20.8. The lowest BCUT2D eigenvalue weighted by molar-refractivity contribution is -0.138. The van der Waals surface area contributed by atoms with Gasteiger partial charge < -0.3 is 35.6 Å². The Labute approximate surface area is 325 Å². The van der Waals surface area contributed by atoms with E-state index >= 15 is 4.79 Å². The molecule has 1 heterocycles. The maximum atomic E-state index is 15.3. The lowest BCUT2D eigenvalue weighted by atomic mass is 9.40. The van der Waals surface area contributed by atoms with Gasteiger partial charge in [-0.15, -0.1) is 0 Å². The van der Waals surface area contributed by atoms with Gasteiger partial charge >= 0.3 is 0 Å². The van der Waals surface area contributed by atoms with Gasteiger partial charge in [-0.3, -0.25) is 4.79 Å². The SMILES string of the molecule is CCCCC[C@@H]1C(=O)C[C@H](c2cc(OC)c(O)cc2CO)[C@H](Cc2ccccc2)C#C[C@@H]2CN[C@H]3CC[C@@H]4CC[C@H]5C[C@@H]4[C@@]3(c3cc(O)c(O)cc35)[C@@H]2[C@H]1O. The number of fused-ring (bicyclic) bond motifs is 4. The van der Waals surface area contributed by atoms with Gasteiger partial charge in [-0.2, -0.15) is 0 Å². The van der Waals surface area contributed by atoms with Gasteiger partial charge in [0.25, 0.3) is 0 Å². The molecule has 3 aromatic rings. The van der Waals surface area contributed by atoms with Crippen molar-refractivity contribution in [3.63, 3.8) is 0 Å². The topological polar surface area (TPSA) is 139 Å². The number of unbranched alkanes of at least 4 members (excludes halogenated alkanes) is 2. The highest BCUT2D eigenvalue weighted by molar-refractivity contribution is 5.83. The van der Waals surface area contributed by atoms with Crippen molar-refractivity contribution in [2.24, 2.45) is 35.5 Å². The van der Waals surface area contributed by atoms with Gasteiger partial charge in [0.1, 0.15) is 5.78 Å². The molecule has 2 bridgehead atoms. The summed E-state index contributed by atoms with van der Waals surface area (Å²) in [5.74, 6) is 6.40. The van der Waals surface area contributed by atoms with Gasteiger partial charge in [0.2, 0.25) is 0 Å². The second-order valence-corrected chi connectivity index (χ2v) is 17.2. The van der Waals surface area contributed by atoms with E-state index in [1.54, 1.807) is 18.2 Å². The number of aliphatic hydroxyl groups excluding tert-OH is 2. The molecule has 2 saturated carbocycles. The smallest absolute Gasteiger partial charge is 0.160 e. The Morgan fingerprint density at radius 3 is 2.47 bits per heavy atom. The van der Waals surface area contributed by atoms with Crippen LogP contribution in [0.5, 0.6) is 23.0 Å². The number of piperidine rings is 1. The number of hydrogen-bond donors (Lipinski definition) is 6. The molecular formula is C47H57NO7. The fourth-order valence-electron chi connectivity index (χ4n) is 12.2. The molecule has 5 aliphatic rings. The van der Waals surface area contributed by atoms with E-state index in [1.165, 1.54) is 13.2 Å². The van der Waals surface area contributed by atoms with Crippen LogP contribution in [0.2, 0.25) is 0 Å². The molecule has 3 aromatic carbocycles. The third-order valence-electron chi connectivity index (χ3n) is 14.6. The molecule has 4 aliphatic carbocycles. The van der Waals surface area contributed by atoms with E-state index in [2.05, 4.69) is 36.2 Å². The predicted octanol–water partition coefficient (Wildman–Crippen LogP) is 7.23. The molecule has 8 nitrogen and oxygen atoms in total. The molecule has 1 spiro atoms. The first kappa shape index (κ1) is 37.9. The molecule has 292 valence electrons. The van der Waals surface area contributed by atoms with E-state index in [9.17, 15) is 25.5 Å². The first-order chi connectivity index (χ1) is 26.7. The largest absolute Gasteiger partial charge is 0.504 e. The molecule has 3 fully saturated rings. The predicted molar refractivity (Wildman–Crippen MR) is 211 cm³/mol. The lowest BCUT2D eigenvalue weighted by Gasteiger charge is -2.66. The molecule has 11 atom stereocenters. The zero-order valence-electron chi connectivity index (χ0n) is 32.2.